The molecule has 4 amide bonds. The first-order valence-corrected chi connectivity index (χ1v) is 14.2. The van der Waals surface area contributed by atoms with E-state index in [-0.39, 0.29) is 56.7 Å². The maximum atomic E-state index is 14.1. The summed E-state index contributed by atoms with van der Waals surface area (Å²) in [6.45, 7) is 0.408. The summed E-state index contributed by atoms with van der Waals surface area (Å²) in [7, 11) is 3.09. The highest BCUT2D eigenvalue weighted by atomic mass is 16.5. The summed E-state index contributed by atoms with van der Waals surface area (Å²) in [5.74, 6) is 3.16. The fraction of sp³-hybridized carbons (Fsp3) is 0.303. The molecule has 2 saturated heterocycles. The molecule has 0 aromatic heterocycles. The Bertz CT molecular complexity index is 1540. The molecule has 3 aromatic rings. The number of ether oxygens (including phenoxy) is 2. The van der Waals surface area contributed by atoms with E-state index >= 15 is 0 Å². The molecule has 5 rings (SSSR count). The molecule has 2 aliphatic heterocycles. The van der Waals surface area contributed by atoms with Gasteiger partial charge in [-0.25, -0.2) is 9.80 Å². The number of rotatable bonds is 9. The number of amides is 4. The van der Waals surface area contributed by atoms with E-state index in [1.165, 1.54) is 22.0 Å². The molecule has 0 spiro atoms. The van der Waals surface area contributed by atoms with E-state index in [0.29, 0.717) is 11.5 Å². The summed E-state index contributed by atoms with van der Waals surface area (Å²) in [5, 5.41) is 15.8. The van der Waals surface area contributed by atoms with Crippen molar-refractivity contribution in [3.8, 4) is 29.6 Å². The molecule has 0 bridgehead atoms. The van der Waals surface area contributed by atoms with E-state index in [0.717, 1.165) is 16.7 Å². The van der Waals surface area contributed by atoms with Crippen LogP contribution in [0.3, 0.4) is 0 Å². The minimum Gasteiger partial charge on any atom is -0.508 e. The van der Waals surface area contributed by atoms with Gasteiger partial charge in [-0.3, -0.25) is 9.59 Å². The molecule has 3 aromatic carbocycles. The van der Waals surface area contributed by atoms with Crippen LogP contribution >= 0.6 is 0 Å². The van der Waals surface area contributed by atoms with Gasteiger partial charge in [0.05, 0.1) is 33.9 Å². The topological polar surface area (TPSA) is 115 Å². The Morgan fingerprint density at radius 2 is 1.68 bits per heavy atom. The number of carbonyl (C=O) groups is 3. The quantitative estimate of drug-likeness (QED) is 0.365. The summed E-state index contributed by atoms with van der Waals surface area (Å²) < 4.78 is 10.8. The van der Waals surface area contributed by atoms with Crippen molar-refractivity contribution in [2.45, 2.75) is 31.7 Å². The molecule has 11 heteroatoms. The van der Waals surface area contributed by atoms with Crippen molar-refractivity contribution >= 4 is 17.8 Å². The number of aromatic hydroxyl groups is 1. The molecule has 228 valence electrons. The molecule has 2 aliphatic rings. The lowest BCUT2D eigenvalue weighted by Gasteiger charge is -2.55. The summed E-state index contributed by atoms with van der Waals surface area (Å²) in [5.41, 5.74) is 2.45. The number of carbonyl (C=O) groups excluding carboxylic acids is 3. The van der Waals surface area contributed by atoms with Gasteiger partial charge in [0, 0.05) is 19.5 Å². The zero-order chi connectivity index (χ0) is 31.2. The van der Waals surface area contributed by atoms with Crippen LogP contribution in [0.1, 0.15) is 16.7 Å². The summed E-state index contributed by atoms with van der Waals surface area (Å²) >= 11 is 0. The van der Waals surface area contributed by atoms with Crippen molar-refractivity contribution in [2.75, 3.05) is 33.9 Å². The molecule has 2 heterocycles. The molecule has 0 saturated carbocycles. The average molecular weight is 598 g/mol. The second-order valence-electron chi connectivity index (χ2n) is 10.6. The fourth-order valence-corrected chi connectivity index (χ4v) is 5.69. The fourth-order valence-electron chi connectivity index (χ4n) is 5.69. The van der Waals surface area contributed by atoms with Crippen LogP contribution in [0.2, 0.25) is 0 Å². The number of phenolic OH excluding ortho intramolecular Hbond substituents is 1. The van der Waals surface area contributed by atoms with Crippen LogP contribution in [-0.2, 0) is 29.1 Å². The SMILES string of the molecule is C#CCN1CC(=O)N2[C@@H](Cc3ccc(O)cc3)C(=O)N(Cc3ccc(OC)c(OC)c3)C[C@@H]2N1C(=O)NCc1ccccc1. The first-order chi connectivity index (χ1) is 21.3. The summed E-state index contributed by atoms with van der Waals surface area (Å²) in [4.78, 5) is 44.8. The molecule has 11 nitrogen and oxygen atoms in total. The van der Waals surface area contributed by atoms with E-state index < -0.39 is 18.2 Å². The Kier molecular flexibility index (Phi) is 9.21. The molecule has 2 fully saturated rings. The van der Waals surface area contributed by atoms with Gasteiger partial charge in [0.1, 0.15) is 18.0 Å². The highest BCUT2D eigenvalue weighted by molar-refractivity contribution is 5.91. The monoisotopic (exact) mass is 597 g/mol. The zero-order valence-electron chi connectivity index (χ0n) is 24.7. The Balaban J connectivity index is 1.50. The largest absolute Gasteiger partial charge is 0.508 e. The second-order valence-corrected chi connectivity index (χ2v) is 10.6. The number of hydrogen-bond donors (Lipinski definition) is 2. The maximum Gasteiger partial charge on any atom is 0.334 e. The Morgan fingerprint density at radius 1 is 0.977 bits per heavy atom. The third-order valence-electron chi connectivity index (χ3n) is 7.79. The molecule has 0 radical (unpaired) electrons. The van der Waals surface area contributed by atoms with Gasteiger partial charge in [0.15, 0.2) is 11.5 Å². The third kappa shape index (κ3) is 6.40. The van der Waals surface area contributed by atoms with Crippen LogP contribution in [0.25, 0.3) is 0 Å². The number of phenols is 1. The van der Waals surface area contributed by atoms with Gasteiger partial charge in [0.25, 0.3) is 0 Å². The second kappa shape index (κ2) is 13.4. The molecule has 0 aliphatic carbocycles. The van der Waals surface area contributed by atoms with Crippen LogP contribution in [0.15, 0.2) is 72.8 Å². The molecular formula is C33H35N5O6. The van der Waals surface area contributed by atoms with Crippen molar-refractivity contribution in [2.24, 2.45) is 0 Å². The lowest BCUT2D eigenvalue weighted by Crippen LogP contribution is -2.76. The van der Waals surface area contributed by atoms with E-state index in [1.807, 2.05) is 36.4 Å². The van der Waals surface area contributed by atoms with Crippen molar-refractivity contribution in [3.05, 3.63) is 89.5 Å². The molecule has 2 N–H and O–H groups in total. The first-order valence-electron chi connectivity index (χ1n) is 14.2. The lowest BCUT2D eigenvalue weighted by molar-refractivity contribution is -0.189. The van der Waals surface area contributed by atoms with E-state index in [1.54, 1.807) is 48.4 Å². The smallest absolute Gasteiger partial charge is 0.334 e. The Labute approximate surface area is 256 Å². The number of hydrazine groups is 1. The molecule has 44 heavy (non-hydrogen) atoms. The Hall–Kier alpha value is -5.21. The number of hydrogen-bond acceptors (Lipinski definition) is 7. The highest BCUT2D eigenvalue weighted by Crippen LogP contribution is 2.32. The van der Waals surface area contributed by atoms with E-state index in [2.05, 4.69) is 11.2 Å². The maximum absolute atomic E-state index is 14.1. The minimum atomic E-state index is -0.900. The molecule has 2 atom stereocenters. The zero-order valence-corrected chi connectivity index (χ0v) is 24.7. The van der Waals surface area contributed by atoms with Gasteiger partial charge in [-0.2, -0.15) is 5.01 Å². The van der Waals surface area contributed by atoms with Gasteiger partial charge in [-0.05, 0) is 41.0 Å². The number of benzene rings is 3. The lowest BCUT2D eigenvalue weighted by atomic mass is 9.98. The van der Waals surface area contributed by atoms with Gasteiger partial charge in [-0.1, -0.05) is 54.5 Å². The number of methoxy groups -OCH3 is 2. The normalized spacial score (nSPS) is 18.4. The van der Waals surface area contributed by atoms with Crippen molar-refractivity contribution in [3.63, 3.8) is 0 Å². The van der Waals surface area contributed by atoms with Gasteiger partial charge in [0.2, 0.25) is 11.8 Å². The number of urea groups is 1. The summed E-state index contributed by atoms with van der Waals surface area (Å²) in [6.07, 6.45) is 5.04. The van der Waals surface area contributed by atoms with Crippen LogP contribution in [0.4, 0.5) is 4.79 Å². The number of fused-ring (bicyclic) bond motifs is 1. The van der Waals surface area contributed by atoms with Crippen LogP contribution in [-0.4, -0.2) is 88.8 Å². The number of nitrogens with one attached hydrogen (secondary N) is 1. The standard InChI is InChI=1S/C33H35N5O6/c1-4-16-36-22-31(40)37-27(17-23-10-13-26(39)14-11-23)32(41)35(20-25-12-15-28(43-2)29(18-25)44-3)21-30(37)38(36)33(42)34-19-24-8-6-5-7-9-24/h1,5-15,18,27,30,39H,16-17,19-22H2,2-3H3,(H,34,42)/t27-,30-/m0/s1. The molecular weight excluding hydrogens is 562 g/mol. The Morgan fingerprint density at radius 3 is 2.36 bits per heavy atom. The summed E-state index contributed by atoms with van der Waals surface area (Å²) in [6, 6.07) is 20.1. The predicted molar refractivity (Wildman–Crippen MR) is 162 cm³/mol. The number of piperazine rings is 1. The van der Waals surface area contributed by atoms with E-state index in [4.69, 9.17) is 15.9 Å². The molecule has 0 unspecified atom stereocenters. The van der Waals surface area contributed by atoms with E-state index in [9.17, 15) is 19.5 Å². The van der Waals surface area contributed by atoms with Crippen LogP contribution in [0, 0.1) is 12.3 Å². The van der Waals surface area contributed by atoms with Crippen LogP contribution < -0.4 is 14.8 Å². The first kappa shape index (κ1) is 30.3. The van der Waals surface area contributed by atoms with Gasteiger partial charge < -0.3 is 29.7 Å². The minimum absolute atomic E-state index is 0.0289. The average Bonchev–Trinajstić information content (AvgIpc) is 3.03. The van der Waals surface area contributed by atoms with Gasteiger partial charge >= 0.3 is 6.03 Å². The highest BCUT2D eigenvalue weighted by Gasteiger charge is 2.51. The van der Waals surface area contributed by atoms with Crippen molar-refractivity contribution < 1.29 is 29.0 Å². The van der Waals surface area contributed by atoms with Crippen molar-refractivity contribution in [1.29, 1.82) is 0 Å². The van der Waals surface area contributed by atoms with Gasteiger partial charge in [-0.15, -0.1) is 6.42 Å². The van der Waals surface area contributed by atoms with Crippen LogP contribution in [0.5, 0.6) is 17.2 Å². The number of terminal acetylenes is 1. The third-order valence-corrected chi connectivity index (χ3v) is 7.79. The number of nitrogens with zero attached hydrogens (tertiary/aromatic N) is 4. The predicted octanol–water partition coefficient (Wildman–Crippen LogP) is 2.59. The van der Waals surface area contributed by atoms with Crippen molar-refractivity contribution in [1.82, 2.24) is 25.1 Å².